The zero-order chi connectivity index (χ0) is 15.3. The third kappa shape index (κ3) is 4.55. The van der Waals surface area contributed by atoms with Gasteiger partial charge < -0.3 is 20.8 Å². The van der Waals surface area contributed by atoms with Crippen LogP contribution in [0.15, 0.2) is 24.3 Å². The number of benzene rings is 1. The number of aliphatic hydroxyl groups excluding tert-OH is 1. The van der Waals surface area contributed by atoms with E-state index in [1.165, 1.54) is 6.92 Å². The summed E-state index contributed by atoms with van der Waals surface area (Å²) in [4.78, 5) is 22.5. The molecule has 2 amide bonds. The van der Waals surface area contributed by atoms with E-state index in [-0.39, 0.29) is 0 Å². The quantitative estimate of drug-likeness (QED) is 0.660. The summed E-state index contributed by atoms with van der Waals surface area (Å²) in [5.41, 5.74) is 1.70. The molecule has 6 heteroatoms. The summed E-state index contributed by atoms with van der Waals surface area (Å²) in [7, 11) is 0. The number of hydrogen-bond acceptors (Lipinski definition) is 3. The Balaban J connectivity index is 2.64. The van der Waals surface area contributed by atoms with Crippen molar-refractivity contribution in [3.05, 3.63) is 29.8 Å². The van der Waals surface area contributed by atoms with E-state index in [9.17, 15) is 14.7 Å². The highest BCUT2D eigenvalue weighted by atomic mass is 16.4. The summed E-state index contributed by atoms with van der Waals surface area (Å²) in [5.74, 6) is -0.894. The number of amides is 2. The van der Waals surface area contributed by atoms with Crippen molar-refractivity contribution in [3.8, 4) is 0 Å². The van der Waals surface area contributed by atoms with Gasteiger partial charge in [0.25, 0.3) is 0 Å². The molecule has 0 bridgehead atoms. The van der Waals surface area contributed by atoms with Crippen LogP contribution in [0.25, 0.3) is 0 Å². The van der Waals surface area contributed by atoms with Gasteiger partial charge in [0.15, 0.2) is 6.04 Å². The smallest absolute Gasteiger partial charge is 0.328 e. The summed E-state index contributed by atoms with van der Waals surface area (Å²) in [5, 5.41) is 22.9. The molecule has 4 N–H and O–H groups in total. The van der Waals surface area contributed by atoms with Crippen LogP contribution in [-0.4, -0.2) is 34.4 Å². The first kappa shape index (κ1) is 16.0. The van der Waals surface area contributed by atoms with E-state index in [1.54, 1.807) is 12.1 Å². The van der Waals surface area contributed by atoms with Gasteiger partial charge >= 0.3 is 12.0 Å². The monoisotopic (exact) mass is 280 g/mol. The Kier molecular flexibility index (Phi) is 5.52. The first-order chi connectivity index (χ1) is 9.31. The standard InChI is InChI=1S/C14H20N2O4/c1-8(2)10-4-6-11(7-5-10)15-14(20)16-12(9(3)17)13(18)19/h4-9,12,17H,1-3H3,(H,18,19)(H2,15,16,20)/t9-,12+/m1/s1. The van der Waals surface area contributed by atoms with Crippen LogP contribution >= 0.6 is 0 Å². The maximum absolute atomic E-state index is 11.7. The van der Waals surface area contributed by atoms with Gasteiger partial charge in [0.1, 0.15) is 0 Å². The molecule has 20 heavy (non-hydrogen) atoms. The predicted molar refractivity (Wildman–Crippen MR) is 75.8 cm³/mol. The number of aliphatic hydroxyl groups is 1. The second-order valence-electron chi connectivity index (χ2n) is 4.93. The average Bonchev–Trinajstić information content (AvgIpc) is 2.35. The van der Waals surface area contributed by atoms with E-state index in [4.69, 9.17) is 5.11 Å². The number of carboxylic acid groups (broad SMARTS) is 1. The van der Waals surface area contributed by atoms with E-state index >= 15 is 0 Å². The molecule has 0 aliphatic carbocycles. The van der Waals surface area contributed by atoms with E-state index < -0.39 is 24.1 Å². The number of rotatable bonds is 5. The lowest BCUT2D eigenvalue weighted by Gasteiger charge is -2.17. The van der Waals surface area contributed by atoms with Gasteiger partial charge in [-0.2, -0.15) is 0 Å². The molecule has 6 nitrogen and oxygen atoms in total. The minimum absolute atomic E-state index is 0.393. The normalized spacial score (nSPS) is 13.7. The Morgan fingerprint density at radius 1 is 1.10 bits per heavy atom. The molecule has 0 spiro atoms. The molecule has 110 valence electrons. The highest BCUT2D eigenvalue weighted by molar-refractivity contribution is 5.92. The molecule has 1 rings (SSSR count). The minimum atomic E-state index is -1.34. The van der Waals surface area contributed by atoms with Crippen molar-refractivity contribution in [1.29, 1.82) is 0 Å². The molecule has 1 aromatic rings. The van der Waals surface area contributed by atoms with Gasteiger partial charge in [-0.1, -0.05) is 26.0 Å². The summed E-state index contributed by atoms with van der Waals surface area (Å²) < 4.78 is 0. The first-order valence-electron chi connectivity index (χ1n) is 6.39. The number of aliphatic carboxylic acids is 1. The second-order valence-corrected chi connectivity index (χ2v) is 4.93. The van der Waals surface area contributed by atoms with Gasteiger partial charge in [-0.05, 0) is 30.5 Å². The summed E-state index contributed by atoms with van der Waals surface area (Å²) in [6.45, 7) is 5.43. The molecule has 0 heterocycles. The molecule has 0 aliphatic rings. The first-order valence-corrected chi connectivity index (χ1v) is 6.39. The van der Waals surface area contributed by atoms with Gasteiger partial charge in [0.2, 0.25) is 0 Å². The SMILES string of the molecule is CC(C)c1ccc(NC(=O)N[C@H](C(=O)O)[C@@H](C)O)cc1. The van der Waals surface area contributed by atoms with Crippen molar-refractivity contribution in [2.24, 2.45) is 0 Å². The molecule has 0 saturated heterocycles. The van der Waals surface area contributed by atoms with Crippen molar-refractivity contribution < 1.29 is 19.8 Å². The van der Waals surface area contributed by atoms with Gasteiger partial charge in [-0.15, -0.1) is 0 Å². The maximum Gasteiger partial charge on any atom is 0.328 e. The molecular formula is C14H20N2O4. The number of nitrogens with one attached hydrogen (secondary N) is 2. The molecule has 0 radical (unpaired) electrons. The van der Waals surface area contributed by atoms with Gasteiger partial charge in [0, 0.05) is 5.69 Å². The van der Waals surface area contributed by atoms with E-state index in [1.807, 2.05) is 12.1 Å². The van der Waals surface area contributed by atoms with E-state index in [0.717, 1.165) is 5.56 Å². The fourth-order valence-electron chi connectivity index (χ4n) is 1.65. The largest absolute Gasteiger partial charge is 0.480 e. The Hall–Kier alpha value is -2.08. The molecular weight excluding hydrogens is 260 g/mol. The lowest BCUT2D eigenvalue weighted by Crippen LogP contribution is -2.49. The lowest BCUT2D eigenvalue weighted by atomic mass is 10.0. The van der Waals surface area contributed by atoms with Crippen LogP contribution < -0.4 is 10.6 Å². The molecule has 0 unspecified atom stereocenters. The molecule has 0 aromatic heterocycles. The highest BCUT2D eigenvalue weighted by Gasteiger charge is 2.24. The van der Waals surface area contributed by atoms with Crippen molar-refractivity contribution in [2.75, 3.05) is 5.32 Å². The summed E-state index contributed by atoms with van der Waals surface area (Å²) >= 11 is 0. The van der Waals surface area contributed by atoms with Crippen LogP contribution in [0.3, 0.4) is 0 Å². The van der Waals surface area contributed by atoms with Crippen LogP contribution in [-0.2, 0) is 4.79 Å². The molecule has 0 saturated carbocycles. The van der Waals surface area contributed by atoms with Crippen molar-refractivity contribution >= 4 is 17.7 Å². The third-order valence-electron chi connectivity index (χ3n) is 2.87. The molecule has 0 fully saturated rings. The fourth-order valence-corrected chi connectivity index (χ4v) is 1.65. The zero-order valence-electron chi connectivity index (χ0n) is 11.8. The minimum Gasteiger partial charge on any atom is -0.480 e. The molecule has 1 aromatic carbocycles. The van der Waals surface area contributed by atoms with Crippen LogP contribution in [0.1, 0.15) is 32.3 Å². The van der Waals surface area contributed by atoms with Crippen molar-refractivity contribution in [1.82, 2.24) is 5.32 Å². The topological polar surface area (TPSA) is 98.7 Å². The number of carbonyl (C=O) groups excluding carboxylic acids is 1. The Morgan fingerprint density at radius 2 is 1.65 bits per heavy atom. The van der Waals surface area contributed by atoms with Crippen LogP contribution in [0.2, 0.25) is 0 Å². The number of hydrogen-bond donors (Lipinski definition) is 4. The molecule has 0 aliphatic heterocycles. The maximum atomic E-state index is 11.7. The number of urea groups is 1. The number of anilines is 1. The predicted octanol–water partition coefficient (Wildman–Crippen LogP) is 1.77. The highest BCUT2D eigenvalue weighted by Crippen LogP contribution is 2.17. The third-order valence-corrected chi connectivity index (χ3v) is 2.87. The number of carboxylic acids is 1. The van der Waals surface area contributed by atoms with Gasteiger partial charge in [-0.25, -0.2) is 9.59 Å². The van der Waals surface area contributed by atoms with Crippen molar-refractivity contribution in [2.45, 2.75) is 38.8 Å². The van der Waals surface area contributed by atoms with Crippen LogP contribution in [0, 0.1) is 0 Å². The van der Waals surface area contributed by atoms with Gasteiger partial charge in [-0.3, -0.25) is 0 Å². The number of carbonyl (C=O) groups is 2. The van der Waals surface area contributed by atoms with Crippen LogP contribution in [0.4, 0.5) is 10.5 Å². The molecule has 2 atom stereocenters. The van der Waals surface area contributed by atoms with E-state index in [0.29, 0.717) is 11.6 Å². The van der Waals surface area contributed by atoms with E-state index in [2.05, 4.69) is 24.5 Å². The summed E-state index contributed by atoms with van der Waals surface area (Å²) in [6, 6.07) is 5.26. The Morgan fingerprint density at radius 3 is 2.05 bits per heavy atom. The Labute approximate surface area is 117 Å². The van der Waals surface area contributed by atoms with Gasteiger partial charge in [0.05, 0.1) is 6.10 Å². The summed E-state index contributed by atoms with van der Waals surface area (Å²) in [6.07, 6.45) is -1.18. The Bertz CT molecular complexity index is 469. The fraction of sp³-hybridized carbons (Fsp3) is 0.429. The average molecular weight is 280 g/mol. The van der Waals surface area contributed by atoms with Crippen LogP contribution in [0.5, 0.6) is 0 Å². The second kappa shape index (κ2) is 6.91. The van der Waals surface area contributed by atoms with Crippen molar-refractivity contribution in [3.63, 3.8) is 0 Å². The lowest BCUT2D eigenvalue weighted by molar-refractivity contribution is -0.141. The zero-order valence-corrected chi connectivity index (χ0v) is 11.8.